The van der Waals surface area contributed by atoms with E-state index in [2.05, 4.69) is 11.4 Å². The molecule has 1 unspecified atom stereocenters. The van der Waals surface area contributed by atoms with E-state index in [1.807, 2.05) is 4.52 Å². The van der Waals surface area contributed by atoms with E-state index in [4.69, 9.17) is 20.6 Å². The summed E-state index contributed by atoms with van der Waals surface area (Å²) in [6.07, 6.45) is 6.86. The molecule has 1 aliphatic heterocycles. The van der Waals surface area contributed by atoms with Crippen LogP contribution in [0.1, 0.15) is 48.7 Å². The van der Waals surface area contributed by atoms with Crippen LogP contribution >= 0.6 is 0 Å². The first kappa shape index (κ1) is 14.0. The Balaban J connectivity index is 1.82. The zero-order valence-corrected chi connectivity index (χ0v) is 12.8. The molecule has 2 aromatic rings. The second kappa shape index (κ2) is 5.85. The average Bonchev–Trinajstić information content (AvgIpc) is 3.20. The van der Waals surface area contributed by atoms with Crippen molar-refractivity contribution in [1.82, 2.24) is 14.6 Å². The number of fused-ring (bicyclic) bond motifs is 2. The summed E-state index contributed by atoms with van der Waals surface area (Å²) in [6, 6.07) is 2.08. The molecule has 3 N–H and O–H groups in total. The number of hydrogen-bond donors (Lipinski definition) is 2. The Morgan fingerprint density at radius 2 is 2.23 bits per heavy atom. The van der Waals surface area contributed by atoms with Crippen LogP contribution in [0.3, 0.4) is 0 Å². The van der Waals surface area contributed by atoms with Gasteiger partial charge in [-0.3, -0.25) is 0 Å². The van der Waals surface area contributed by atoms with Crippen LogP contribution in [-0.2, 0) is 17.6 Å². The summed E-state index contributed by atoms with van der Waals surface area (Å²) in [4.78, 5) is 4.85. The lowest BCUT2D eigenvalue weighted by Crippen LogP contribution is -2.19. The third kappa shape index (κ3) is 2.36. The summed E-state index contributed by atoms with van der Waals surface area (Å²) in [5.74, 6) is 1.08. The van der Waals surface area contributed by atoms with Crippen molar-refractivity contribution >= 4 is 11.5 Å². The molecule has 0 radical (unpaired) electrons. The summed E-state index contributed by atoms with van der Waals surface area (Å²) in [5.41, 5.74) is 10.1. The Labute approximate surface area is 130 Å². The lowest BCUT2D eigenvalue weighted by Gasteiger charge is -2.20. The first-order valence-corrected chi connectivity index (χ1v) is 8.34. The van der Waals surface area contributed by atoms with Gasteiger partial charge in [-0.2, -0.15) is 9.61 Å². The highest BCUT2D eigenvalue weighted by molar-refractivity contribution is 5.57. The van der Waals surface area contributed by atoms with Crippen LogP contribution in [0.2, 0.25) is 0 Å². The molecule has 6 nitrogen and oxygen atoms in total. The second-order valence-corrected chi connectivity index (χ2v) is 6.15. The molecular formula is C16H23N5O. The fourth-order valence-corrected chi connectivity index (χ4v) is 3.51. The minimum atomic E-state index is 0.126. The molecule has 3 heterocycles. The normalized spacial score (nSPS) is 21.2. The number of aryl methyl sites for hydroxylation is 1. The van der Waals surface area contributed by atoms with E-state index in [9.17, 15) is 0 Å². The lowest BCUT2D eigenvalue weighted by molar-refractivity contribution is 0.108. The van der Waals surface area contributed by atoms with E-state index >= 15 is 0 Å². The molecule has 22 heavy (non-hydrogen) atoms. The number of nitrogens with two attached hydrogens (primary N) is 1. The van der Waals surface area contributed by atoms with Crippen molar-refractivity contribution in [2.75, 3.05) is 25.0 Å². The van der Waals surface area contributed by atoms with Gasteiger partial charge in [0.15, 0.2) is 5.65 Å². The molecule has 1 saturated heterocycles. The van der Waals surface area contributed by atoms with E-state index in [1.54, 1.807) is 0 Å². The minimum absolute atomic E-state index is 0.126. The molecule has 2 aliphatic rings. The smallest absolute Gasteiger partial charge is 0.157 e. The standard InChI is InChI=1S/C16H23N5O/c17-7-8-18-16-11-4-1-2-5-12(11)19-15-10-13(20-21(15)16)14-6-3-9-22-14/h10,14,18H,1-9,17H2. The van der Waals surface area contributed by atoms with Gasteiger partial charge in [0, 0.05) is 37.0 Å². The van der Waals surface area contributed by atoms with Crippen LogP contribution in [0.4, 0.5) is 5.82 Å². The van der Waals surface area contributed by atoms with Crippen molar-refractivity contribution in [3.63, 3.8) is 0 Å². The van der Waals surface area contributed by atoms with E-state index in [-0.39, 0.29) is 6.10 Å². The SMILES string of the molecule is NCCNc1c2c(nc3cc(C4CCCO4)nn13)CCCC2. The molecule has 1 atom stereocenters. The number of nitrogens with one attached hydrogen (secondary N) is 1. The van der Waals surface area contributed by atoms with Gasteiger partial charge < -0.3 is 15.8 Å². The first-order valence-electron chi connectivity index (χ1n) is 8.34. The van der Waals surface area contributed by atoms with E-state index in [0.717, 1.165) is 56.0 Å². The molecule has 118 valence electrons. The fraction of sp³-hybridized carbons (Fsp3) is 0.625. The van der Waals surface area contributed by atoms with Crippen molar-refractivity contribution < 1.29 is 4.74 Å². The van der Waals surface area contributed by atoms with Crippen LogP contribution < -0.4 is 11.1 Å². The predicted octanol–water partition coefficient (Wildman–Crippen LogP) is 1.83. The zero-order chi connectivity index (χ0) is 14.9. The third-order valence-corrected chi connectivity index (χ3v) is 4.59. The number of aromatic nitrogens is 3. The summed E-state index contributed by atoms with van der Waals surface area (Å²) in [7, 11) is 0. The topological polar surface area (TPSA) is 77.5 Å². The van der Waals surface area contributed by atoms with Gasteiger partial charge in [0.05, 0.1) is 5.69 Å². The lowest BCUT2D eigenvalue weighted by atomic mass is 9.96. The van der Waals surface area contributed by atoms with Crippen molar-refractivity contribution in [1.29, 1.82) is 0 Å². The van der Waals surface area contributed by atoms with Gasteiger partial charge >= 0.3 is 0 Å². The number of rotatable bonds is 4. The molecule has 0 amide bonds. The molecule has 2 aromatic heterocycles. The Bertz CT molecular complexity index is 675. The van der Waals surface area contributed by atoms with Crippen molar-refractivity contribution in [3.8, 4) is 0 Å². The Kier molecular flexibility index (Phi) is 3.72. The molecule has 0 spiro atoms. The largest absolute Gasteiger partial charge is 0.372 e. The van der Waals surface area contributed by atoms with Crippen LogP contribution in [0.5, 0.6) is 0 Å². The fourth-order valence-electron chi connectivity index (χ4n) is 3.51. The summed E-state index contributed by atoms with van der Waals surface area (Å²) in [5, 5.41) is 8.25. The average molecular weight is 301 g/mol. The molecule has 0 bridgehead atoms. The Hall–Kier alpha value is -1.66. The van der Waals surface area contributed by atoms with Crippen LogP contribution in [0.15, 0.2) is 6.07 Å². The van der Waals surface area contributed by atoms with Crippen molar-refractivity contribution in [2.24, 2.45) is 5.73 Å². The number of nitrogens with zero attached hydrogens (tertiary/aromatic N) is 3. The molecule has 1 aliphatic carbocycles. The summed E-state index contributed by atoms with van der Waals surface area (Å²) < 4.78 is 7.73. The van der Waals surface area contributed by atoms with Gasteiger partial charge in [0.25, 0.3) is 0 Å². The minimum Gasteiger partial charge on any atom is -0.372 e. The van der Waals surface area contributed by atoms with E-state index in [1.165, 1.54) is 24.1 Å². The van der Waals surface area contributed by atoms with Gasteiger partial charge in [-0.25, -0.2) is 4.98 Å². The zero-order valence-electron chi connectivity index (χ0n) is 12.8. The molecule has 0 saturated carbocycles. The number of ether oxygens (including phenoxy) is 1. The highest BCUT2D eigenvalue weighted by Gasteiger charge is 2.24. The van der Waals surface area contributed by atoms with E-state index in [0.29, 0.717) is 6.54 Å². The number of anilines is 1. The summed E-state index contributed by atoms with van der Waals surface area (Å²) in [6.45, 7) is 2.19. The predicted molar refractivity (Wildman–Crippen MR) is 85.1 cm³/mol. The number of hydrogen-bond acceptors (Lipinski definition) is 5. The maximum Gasteiger partial charge on any atom is 0.157 e. The maximum absolute atomic E-state index is 5.77. The molecular weight excluding hydrogens is 278 g/mol. The van der Waals surface area contributed by atoms with Gasteiger partial charge in [-0.05, 0) is 38.5 Å². The highest BCUT2D eigenvalue weighted by atomic mass is 16.5. The molecule has 6 heteroatoms. The van der Waals surface area contributed by atoms with Crippen LogP contribution in [0, 0.1) is 0 Å². The van der Waals surface area contributed by atoms with Crippen molar-refractivity contribution in [3.05, 3.63) is 23.0 Å². The summed E-state index contributed by atoms with van der Waals surface area (Å²) >= 11 is 0. The van der Waals surface area contributed by atoms with Gasteiger partial charge in [-0.1, -0.05) is 0 Å². The quantitative estimate of drug-likeness (QED) is 0.901. The second-order valence-electron chi connectivity index (χ2n) is 6.15. The van der Waals surface area contributed by atoms with Gasteiger partial charge in [0.2, 0.25) is 0 Å². The van der Waals surface area contributed by atoms with Crippen LogP contribution in [0.25, 0.3) is 5.65 Å². The first-order chi connectivity index (χ1) is 10.9. The third-order valence-electron chi connectivity index (χ3n) is 4.59. The Morgan fingerprint density at radius 1 is 1.32 bits per heavy atom. The molecule has 4 rings (SSSR count). The van der Waals surface area contributed by atoms with Crippen LogP contribution in [-0.4, -0.2) is 34.3 Å². The molecule has 0 aromatic carbocycles. The molecule has 1 fully saturated rings. The van der Waals surface area contributed by atoms with Gasteiger partial charge in [-0.15, -0.1) is 0 Å². The monoisotopic (exact) mass is 301 g/mol. The highest BCUT2D eigenvalue weighted by Crippen LogP contribution is 2.31. The van der Waals surface area contributed by atoms with E-state index < -0.39 is 0 Å². The maximum atomic E-state index is 5.77. The Morgan fingerprint density at radius 3 is 3.05 bits per heavy atom. The van der Waals surface area contributed by atoms with Gasteiger partial charge in [0.1, 0.15) is 11.9 Å². The van der Waals surface area contributed by atoms with Crippen molar-refractivity contribution in [2.45, 2.75) is 44.6 Å².